The van der Waals surface area contributed by atoms with Crippen molar-refractivity contribution in [3.8, 4) is 0 Å². The molecule has 0 unspecified atom stereocenters. The number of carbonyl (C=O) groups is 2. The number of pyridine rings is 1. The fourth-order valence-corrected chi connectivity index (χ4v) is 3.53. The zero-order valence-electron chi connectivity index (χ0n) is 18.6. The number of carbonyl (C=O) groups excluding carboxylic acids is 2. The van der Waals surface area contributed by atoms with Gasteiger partial charge in [0.2, 0.25) is 5.91 Å². The highest BCUT2D eigenvalue weighted by molar-refractivity contribution is 6.11. The van der Waals surface area contributed by atoms with Gasteiger partial charge in [-0.05, 0) is 24.0 Å². The van der Waals surface area contributed by atoms with Gasteiger partial charge in [0.25, 0.3) is 0 Å². The molecule has 0 spiro atoms. The highest BCUT2D eigenvalue weighted by Crippen LogP contribution is 2.33. The summed E-state index contributed by atoms with van der Waals surface area (Å²) < 4.78 is 6.91. The molecule has 0 atom stereocenters. The average Bonchev–Trinajstić information content (AvgIpc) is 3.04. The van der Waals surface area contributed by atoms with Crippen LogP contribution in [0.5, 0.6) is 0 Å². The summed E-state index contributed by atoms with van der Waals surface area (Å²) in [5.74, 6) is -0.435. The Balaban J connectivity index is 2.09. The van der Waals surface area contributed by atoms with Crippen molar-refractivity contribution in [2.75, 3.05) is 24.3 Å². The summed E-state index contributed by atoms with van der Waals surface area (Å²) in [7, 11) is 1.34. The molecule has 0 aliphatic rings. The molecule has 3 aromatic rings. The monoisotopic (exact) mass is 422 g/mol. The molecule has 31 heavy (non-hydrogen) atoms. The van der Waals surface area contributed by atoms with Crippen molar-refractivity contribution in [2.45, 2.75) is 40.2 Å². The summed E-state index contributed by atoms with van der Waals surface area (Å²) in [4.78, 5) is 30.3. The molecule has 0 aliphatic heterocycles. The maximum absolute atomic E-state index is 12.9. The third kappa shape index (κ3) is 5.23. The van der Waals surface area contributed by atoms with E-state index in [0.29, 0.717) is 29.0 Å². The Hall–Kier alpha value is -3.35. The minimum absolute atomic E-state index is 0.202. The highest BCUT2D eigenvalue weighted by atomic mass is 16.5. The first-order valence-electron chi connectivity index (χ1n) is 10.6. The van der Waals surface area contributed by atoms with E-state index in [4.69, 9.17) is 4.74 Å². The Morgan fingerprint density at radius 1 is 1.19 bits per heavy atom. The number of nitrogens with zero attached hydrogens (tertiary/aromatic N) is 2. The molecule has 7 heteroatoms. The van der Waals surface area contributed by atoms with E-state index in [1.165, 1.54) is 7.11 Å². The lowest BCUT2D eigenvalue weighted by Gasteiger charge is -2.12. The summed E-state index contributed by atoms with van der Waals surface area (Å²) in [5.41, 5.74) is 3.13. The second kappa shape index (κ2) is 10.1. The van der Waals surface area contributed by atoms with Gasteiger partial charge in [0.1, 0.15) is 5.65 Å². The molecule has 2 heterocycles. The van der Waals surface area contributed by atoms with Crippen molar-refractivity contribution in [1.82, 2.24) is 9.55 Å². The van der Waals surface area contributed by atoms with Crippen molar-refractivity contribution < 1.29 is 14.3 Å². The zero-order chi connectivity index (χ0) is 22.4. The number of fused-ring (bicyclic) bond motifs is 1. The predicted octanol–water partition coefficient (Wildman–Crippen LogP) is 4.48. The number of methoxy groups -OCH3 is 1. The third-order valence-corrected chi connectivity index (χ3v) is 4.88. The number of hydrogen-bond donors (Lipinski definition) is 2. The summed E-state index contributed by atoms with van der Waals surface area (Å²) in [6, 6.07) is 11.4. The Morgan fingerprint density at radius 2 is 1.94 bits per heavy atom. The summed E-state index contributed by atoms with van der Waals surface area (Å²) >= 11 is 0. The van der Waals surface area contributed by atoms with Crippen LogP contribution in [0, 0.1) is 5.92 Å². The number of ether oxygens (including phenoxy) is 1. The minimum atomic E-state index is -0.503. The van der Waals surface area contributed by atoms with Gasteiger partial charge in [0.15, 0.2) is 5.69 Å². The van der Waals surface area contributed by atoms with Crippen molar-refractivity contribution in [2.24, 2.45) is 5.92 Å². The summed E-state index contributed by atoms with van der Waals surface area (Å²) in [6.45, 7) is 7.60. The Morgan fingerprint density at radius 3 is 2.58 bits per heavy atom. The number of aromatic nitrogens is 2. The molecule has 7 nitrogen and oxygen atoms in total. The lowest BCUT2D eigenvalue weighted by molar-refractivity contribution is -0.115. The van der Waals surface area contributed by atoms with Crippen LogP contribution in [0.15, 0.2) is 42.6 Å². The van der Waals surface area contributed by atoms with Gasteiger partial charge in [-0.1, -0.05) is 51.1 Å². The number of benzene rings is 1. The molecule has 2 aromatic heterocycles. The van der Waals surface area contributed by atoms with E-state index < -0.39 is 5.97 Å². The first kappa shape index (κ1) is 22.3. The molecular weight excluding hydrogens is 392 g/mol. The molecular formula is C24H30N4O3. The van der Waals surface area contributed by atoms with E-state index in [1.807, 2.05) is 41.0 Å². The molecule has 0 bridgehead atoms. The van der Waals surface area contributed by atoms with Crippen molar-refractivity contribution in [1.29, 1.82) is 0 Å². The number of amides is 1. The molecule has 2 N–H and O–H groups in total. The molecule has 3 rings (SSSR count). The van der Waals surface area contributed by atoms with Crippen LogP contribution in [0.4, 0.5) is 11.4 Å². The Kier molecular flexibility index (Phi) is 7.28. The molecule has 1 aromatic carbocycles. The second-order valence-corrected chi connectivity index (χ2v) is 7.95. The summed E-state index contributed by atoms with van der Waals surface area (Å²) in [6.07, 6.45) is 2.94. The number of nitrogens with one attached hydrogen (secondary N) is 2. The maximum Gasteiger partial charge on any atom is 0.356 e. The SMILES string of the molecule is CCCNc1cnc2c(c1)c(NC(=O)Cc1ccccc1)c(C(=O)OC)n2CC(C)C. The predicted molar refractivity (Wildman–Crippen MR) is 123 cm³/mol. The van der Waals surface area contributed by atoms with E-state index in [9.17, 15) is 9.59 Å². The van der Waals surface area contributed by atoms with Gasteiger partial charge >= 0.3 is 5.97 Å². The smallest absolute Gasteiger partial charge is 0.356 e. The van der Waals surface area contributed by atoms with Crippen LogP contribution in [0.25, 0.3) is 11.0 Å². The van der Waals surface area contributed by atoms with Gasteiger partial charge in [0.05, 0.1) is 31.1 Å². The third-order valence-electron chi connectivity index (χ3n) is 4.88. The average molecular weight is 423 g/mol. The van der Waals surface area contributed by atoms with E-state index >= 15 is 0 Å². The van der Waals surface area contributed by atoms with Crippen molar-refractivity contribution in [3.05, 3.63) is 53.9 Å². The van der Waals surface area contributed by atoms with E-state index in [2.05, 4.69) is 36.4 Å². The van der Waals surface area contributed by atoms with Crippen LogP contribution in [0.1, 0.15) is 43.2 Å². The lowest BCUT2D eigenvalue weighted by Crippen LogP contribution is -2.19. The highest BCUT2D eigenvalue weighted by Gasteiger charge is 2.26. The number of anilines is 2. The lowest BCUT2D eigenvalue weighted by atomic mass is 10.1. The zero-order valence-corrected chi connectivity index (χ0v) is 18.6. The topological polar surface area (TPSA) is 85.2 Å². The first-order chi connectivity index (χ1) is 14.9. The molecule has 0 saturated carbocycles. The van der Waals surface area contributed by atoms with Gasteiger partial charge in [0, 0.05) is 18.5 Å². The quantitative estimate of drug-likeness (QED) is 0.497. The normalized spacial score (nSPS) is 11.0. The number of rotatable bonds is 9. The van der Waals surface area contributed by atoms with Crippen LogP contribution in [0.2, 0.25) is 0 Å². The molecule has 0 fully saturated rings. The Labute approximate surface area is 182 Å². The van der Waals surface area contributed by atoms with Gasteiger partial charge in [-0.3, -0.25) is 4.79 Å². The first-order valence-corrected chi connectivity index (χ1v) is 10.6. The molecule has 0 aliphatic carbocycles. The maximum atomic E-state index is 12.9. The number of esters is 1. The standard InChI is InChI=1S/C24H30N4O3/c1-5-11-25-18-13-19-21(27-20(29)12-17-9-7-6-8-10-17)22(24(30)31-4)28(15-16(2)3)23(19)26-14-18/h6-10,13-14,16,25H,5,11-12,15H2,1-4H3,(H,27,29). The largest absolute Gasteiger partial charge is 0.464 e. The fourth-order valence-electron chi connectivity index (χ4n) is 3.53. The van der Waals surface area contributed by atoms with Gasteiger partial charge in [-0.2, -0.15) is 0 Å². The number of hydrogen-bond acceptors (Lipinski definition) is 5. The summed E-state index contributed by atoms with van der Waals surface area (Å²) in [5, 5.41) is 7.00. The van der Waals surface area contributed by atoms with E-state index in [-0.39, 0.29) is 18.2 Å². The van der Waals surface area contributed by atoms with Gasteiger partial charge in [-0.25, -0.2) is 9.78 Å². The van der Waals surface area contributed by atoms with Crippen molar-refractivity contribution >= 4 is 34.3 Å². The van der Waals surface area contributed by atoms with Gasteiger partial charge in [-0.15, -0.1) is 0 Å². The minimum Gasteiger partial charge on any atom is -0.464 e. The molecule has 0 saturated heterocycles. The van der Waals surface area contributed by atoms with E-state index in [0.717, 1.165) is 24.2 Å². The molecule has 0 radical (unpaired) electrons. The van der Waals surface area contributed by atoms with E-state index in [1.54, 1.807) is 6.20 Å². The Bertz CT molecular complexity index is 1060. The van der Waals surface area contributed by atoms with Crippen molar-refractivity contribution in [3.63, 3.8) is 0 Å². The van der Waals surface area contributed by atoms with Crippen LogP contribution >= 0.6 is 0 Å². The molecule has 1 amide bonds. The van der Waals surface area contributed by atoms with Crippen LogP contribution in [0.3, 0.4) is 0 Å². The fraction of sp³-hybridized carbons (Fsp3) is 0.375. The van der Waals surface area contributed by atoms with Crippen LogP contribution < -0.4 is 10.6 Å². The molecule has 164 valence electrons. The van der Waals surface area contributed by atoms with Crippen LogP contribution in [-0.4, -0.2) is 35.1 Å². The second-order valence-electron chi connectivity index (χ2n) is 7.95. The van der Waals surface area contributed by atoms with Crippen LogP contribution in [-0.2, 0) is 22.5 Å². The van der Waals surface area contributed by atoms with Gasteiger partial charge < -0.3 is 19.9 Å².